The summed E-state index contributed by atoms with van der Waals surface area (Å²) < 4.78 is 1.77. The highest BCUT2D eigenvalue weighted by atomic mass is 32.2. The van der Waals surface area contributed by atoms with Crippen LogP contribution in [0.15, 0.2) is 83.2 Å². The molecule has 0 aliphatic heterocycles. The summed E-state index contributed by atoms with van der Waals surface area (Å²) in [4.78, 5) is 29.0. The standard InChI is InChI=1S/C22H17N3O2S2/c26-20(23-16-9-5-2-6-10-16)14-28-22-25-18-12-11-17(13-19(18)29-22)24-21(27)15-7-3-1-4-8-15/h1-13H,14H2,(H,23,26)(H,24,27). The lowest BCUT2D eigenvalue weighted by Gasteiger charge is -2.04. The maximum atomic E-state index is 12.3. The van der Waals surface area contributed by atoms with E-state index in [4.69, 9.17) is 0 Å². The van der Waals surface area contributed by atoms with Crippen molar-refractivity contribution in [1.29, 1.82) is 0 Å². The van der Waals surface area contributed by atoms with Crippen molar-refractivity contribution in [3.63, 3.8) is 0 Å². The number of para-hydroxylation sites is 1. The zero-order valence-corrected chi connectivity index (χ0v) is 16.9. The first-order valence-electron chi connectivity index (χ1n) is 8.92. The lowest BCUT2D eigenvalue weighted by atomic mass is 10.2. The molecule has 0 bridgehead atoms. The molecule has 1 aromatic heterocycles. The summed E-state index contributed by atoms with van der Waals surface area (Å²) in [5.41, 5.74) is 2.95. The third-order valence-electron chi connectivity index (χ3n) is 4.05. The Morgan fingerprint density at radius 2 is 1.59 bits per heavy atom. The van der Waals surface area contributed by atoms with E-state index in [0.29, 0.717) is 11.3 Å². The number of carbonyl (C=O) groups excluding carboxylic acids is 2. The number of amides is 2. The lowest BCUT2D eigenvalue weighted by molar-refractivity contribution is -0.113. The van der Waals surface area contributed by atoms with Crippen LogP contribution in [0.25, 0.3) is 10.2 Å². The van der Waals surface area contributed by atoms with Crippen LogP contribution in [-0.4, -0.2) is 22.6 Å². The Morgan fingerprint density at radius 3 is 2.34 bits per heavy atom. The highest BCUT2D eigenvalue weighted by molar-refractivity contribution is 8.01. The van der Waals surface area contributed by atoms with E-state index in [2.05, 4.69) is 15.6 Å². The van der Waals surface area contributed by atoms with Crippen LogP contribution in [0.1, 0.15) is 10.4 Å². The van der Waals surface area contributed by atoms with Crippen LogP contribution >= 0.6 is 23.1 Å². The summed E-state index contributed by atoms with van der Waals surface area (Å²) in [7, 11) is 0. The molecule has 144 valence electrons. The van der Waals surface area contributed by atoms with Crippen LogP contribution in [0.4, 0.5) is 11.4 Å². The Labute approximate surface area is 176 Å². The number of nitrogens with zero attached hydrogens (tertiary/aromatic N) is 1. The van der Waals surface area contributed by atoms with Crippen LogP contribution in [0.5, 0.6) is 0 Å². The molecule has 0 saturated carbocycles. The summed E-state index contributed by atoms with van der Waals surface area (Å²) in [6, 6.07) is 24.1. The van der Waals surface area contributed by atoms with Crippen molar-refractivity contribution in [2.75, 3.05) is 16.4 Å². The van der Waals surface area contributed by atoms with Crippen molar-refractivity contribution in [1.82, 2.24) is 4.98 Å². The van der Waals surface area contributed by atoms with Crippen LogP contribution in [0, 0.1) is 0 Å². The van der Waals surface area contributed by atoms with Gasteiger partial charge in [0, 0.05) is 16.9 Å². The topological polar surface area (TPSA) is 71.1 Å². The minimum atomic E-state index is -0.151. The lowest BCUT2D eigenvalue weighted by Crippen LogP contribution is -2.13. The van der Waals surface area contributed by atoms with Crippen LogP contribution < -0.4 is 10.6 Å². The number of aromatic nitrogens is 1. The van der Waals surface area contributed by atoms with Crippen LogP contribution in [0.3, 0.4) is 0 Å². The molecule has 0 atom stereocenters. The third-order valence-corrected chi connectivity index (χ3v) is 6.21. The summed E-state index contributed by atoms with van der Waals surface area (Å²) in [6.45, 7) is 0. The maximum absolute atomic E-state index is 12.3. The van der Waals surface area contributed by atoms with E-state index in [1.165, 1.54) is 23.1 Å². The number of anilines is 2. The molecule has 2 N–H and O–H groups in total. The van der Waals surface area contributed by atoms with E-state index in [1.54, 1.807) is 12.1 Å². The summed E-state index contributed by atoms with van der Waals surface area (Å²) in [5.74, 6) is 0.0599. The zero-order valence-electron chi connectivity index (χ0n) is 15.3. The fraction of sp³-hybridized carbons (Fsp3) is 0.0455. The molecule has 29 heavy (non-hydrogen) atoms. The summed E-state index contributed by atoms with van der Waals surface area (Å²) in [5, 5.41) is 5.77. The van der Waals surface area contributed by atoms with Gasteiger partial charge in [0.1, 0.15) is 0 Å². The smallest absolute Gasteiger partial charge is 0.255 e. The second kappa shape index (κ2) is 8.89. The number of hydrogen-bond acceptors (Lipinski definition) is 5. The zero-order chi connectivity index (χ0) is 20.1. The van der Waals surface area contributed by atoms with Gasteiger partial charge in [-0.25, -0.2) is 4.98 Å². The maximum Gasteiger partial charge on any atom is 0.255 e. The molecule has 0 aliphatic carbocycles. The van der Waals surface area contributed by atoms with Gasteiger partial charge in [0.25, 0.3) is 5.91 Å². The first kappa shape index (κ1) is 19.2. The molecule has 3 aromatic carbocycles. The number of rotatable bonds is 6. The van der Waals surface area contributed by atoms with Crippen LogP contribution in [-0.2, 0) is 4.79 Å². The average Bonchev–Trinajstić information content (AvgIpc) is 3.16. The van der Waals surface area contributed by atoms with Gasteiger partial charge in [0.15, 0.2) is 4.34 Å². The molecule has 0 saturated heterocycles. The molecule has 0 fully saturated rings. The minimum Gasteiger partial charge on any atom is -0.325 e. The van der Waals surface area contributed by atoms with Crippen molar-refractivity contribution in [3.05, 3.63) is 84.4 Å². The van der Waals surface area contributed by atoms with E-state index in [9.17, 15) is 9.59 Å². The number of benzene rings is 3. The van der Waals surface area contributed by atoms with E-state index in [0.717, 1.165) is 20.2 Å². The number of carbonyl (C=O) groups is 2. The number of hydrogen-bond donors (Lipinski definition) is 2. The Balaban J connectivity index is 1.39. The Hall–Kier alpha value is -3.16. The van der Waals surface area contributed by atoms with Gasteiger partial charge in [-0.15, -0.1) is 11.3 Å². The molecule has 0 aliphatic rings. The number of thiazole rings is 1. The minimum absolute atomic E-state index is 0.0729. The van der Waals surface area contributed by atoms with Crippen molar-refractivity contribution in [2.45, 2.75) is 4.34 Å². The SMILES string of the molecule is O=C(CSc1nc2ccc(NC(=O)c3ccccc3)cc2s1)Nc1ccccc1. The third kappa shape index (κ3) is 5.01. The van der Waals surface area contributed by atoms with E-state index >= 15 is 0 Å². The second-order valence-corrected chi connectivity index (χ2v) is 8.44. The van der Waals surface area contributed by atoms with Crippen molar-refractivity contribution < 1.29 is 9.59 Å². The Morgan fingerprint density at radius 1 is 0.862 bits per heavy atom. The van der Waals surface area contributed by atoms with Gasteiger partial charge in [-0.2, -0.15) is 0 Å². The van der Waals surface area contributed by atoms with E-state index in [-0.39, 0.29) is 17.6 Å². The largest absolute Gasteiger partial charge is 0.325 e. The Bertz CT molecular complexity index is 1140. The number of thioether (sulfide) groups is 1. The normalized spacial score (nSPS) is 10.6. The summed E-state index contributed by atoms with van der Waals surface area (Å²) >= 11 is 2.90. The van der Waals surface area contributed by atoms with Crippen molar-refractivity contribution in [3.8, 4) is 0 Å². The van der Waals surface area contributed by atoms with Gasteiger partial charge in [0.2, 0.25) is 5.91 Å². The predicted molar refractivity (Wildman–Crippen MR) is 120 cm³/mol. The highest BCUT2D eigenvalue weighted by Crippen LogP contribution is 2.31. The average molecular weight is 420 g/mol. The molecule has 2 amide bonds. The molecule has 1 heterocycles. The highest BCUT2D eigenvalue weighted by Gasteiger charge is 2.10. The molecule has 5 nitrogen and oxygen atoms in total. The molecule has 0 spiro atoms. The fourth-order valence-electron chi connectivity index (χ4n) is 2.68. The monoisotopic (exact) mass is 419 g/mol. The van der Waals surface area contributed by atoms with Gasteiger partial charge in [0.05, 0.1) is 16.0 Å². The number of fused-ring (bicyclic) bond motifs is 1. The summed E-state index contributed by atoms with van der Waals surface area (Å²) in [6.07, 6.45) is 0. The Kier molecular flexibility index (Phi) is 5.88. The molecule has 7 heteroatoms. The van der Waals surface area contributed by atoms with E-state index < -0.39 is 0 Å². The van der Waals surface area contributed by atoms with Crippen molar-refractivity contribution >= 4 is 56.5 Å². The molecular weight excluding hydrogens is 402 g/mol. The molecule has 4 rings (SSSR count). The van der Waals surface area contributed by atoms with Crippen LogP contribution in [0.2, 0.25) is 0 Å². The second-order valence-electron chi connectivity index (χ2n) is 6.19. The fourth-order valence-corrected chi connectivity index (χ4v) is 4.59. The molecule has 0 unspecified atom stereocenters. The first-order valence-corrected chi connectivity index (χ1v) is 10.7. The van der Waals surface area contributed by atoms with Gasteiger partial charge in [-0.1, -0.05) is 48.2 Å². The molecular formula is C22H17N3O2S2. The van der Waals surface area contributed by atoms with Gasteiger partial charge < -0.3 is 10.6 Å². The quantitative estimate of drug-likeness (QED) is 0.417. The van der Waals surface area contributed by atoms with Gasteiger partial charge in [-0.05, 0) is 42.5 Å². The molecule has 4 aromatic rings. The number of nitrogens with one attached hydrogen (secondary N) is 2. The predicted octanol–water partition coefficient (Wildman–Crippen LogP) is 5.28. The molecule has 0 radical (unpaired) electrons. The van der Waals surface area contributed by atoms with Gasteiger partial charge in [-0.3, -0.25) is 9.59 Å². The van der Waals surface area contributed by atoms with E-state index in [1.807, 2.05) is 66.7 Å². The van der Waals surface area contributed by atoms with Gasteiger partial charge >= 0.3 is 0 Å². The first-order chi connectivity index (χ1) is 14.2. The van der Waals surface area contributed by atoms with Crippen molar-refractivity contribution in [2.24, 2.45) is 0 Å².